The fourth-order valence-electron chi connectivity index (χ4n) is 4.25. The Bertz CT molecular complexity index is 377. The van der Waals surface area contributed by atoms with Gasteiger partial charge in [-0.2, -0.15) is 0 Å². The van der Waals surface area contributed by atoms with Gasteiger partial charge in [-0.05, 0) is 48.9 Å². The Labute approximate surface area is 98.2 Å². The maximum Gasteiger partial charge on any atom is 0.0729 e. The first-order valence-electron chi connectivity index (χ1n) is 6.49. The molecule has 3 rings (SSSR count). The van der Waals surface area contributed by atoms with Gasteiger partial charge < -0.3 is 5.11 Å². The normalized spacial score (nSPS) is 48.8. The minimum Gasteiger partial charge on any atom is -0.389 e. The van der Waals surface area contributed by atoms with E-state index in [0.717, 1.165) is 18.3 Å². The van der Waals surface area contributed by atoms with E-state index in [0.29, 0.717) is 10.8 Å². The van der Waals surface area contributed by atoms with Gasteiger partial charge in [0.05, 0.1) is 6.10 Å². The molecule has 1 heteroatoms. The van der Waals surface area contributed by atoms with Crippen LogP contribution in [0.5, 0.6) is 0 Å². The van der Waals surface area contributed by atoms with Crippen LogP contribution in [0.4, 0.5) is 0 Å². The highest BCUT2D eigenvalue weighted by Crippen LogP contribution is 2.62. The van der Waals surface area contributed by atoms with Crippen LogP contribution in [0, 0.1) is 22.7 Å². The highest BCUT2D eigenvalue weighted by molar-refractivity contribution is 5.28. The Morgan fingerprint density at radius 1 is 1.25 bits per heavy atom. The van der Waals surface area contributed by atoms with Gasteiger partial charge in [0.2, 0.25) is 0 Å². The molecule has 0 aliphatic heterocycles. The van der Waals surface area contributed by atoms with Crippen LogP contribution in [-0.2, 0) is 0 Å². The molecule has 0 heterocycles. The number of hydrogen-bond acceptors (Lipinski definition) is 1. The standard InChI is InChI=1S/C15H22O/c1-10-6-11-7-15(5-4-12(16)8-15)9-13(11)14(10,2)3/h4-6,11-13,16H,7-9H2,1-3H3/t11-,12?,13+,15+/m0/s1. The van der Waals surface area contributed by atoms with E-state index in [1.807, 2.05) is 6.08 Å². The van der Waals surface area contributed by atoms with E-state index in [1.54, 1.807) is 5.57 Å². The Kier molecular flexibility index (Phi) is 1.99. The van der Waals surface area contributed by atoms with Gasteiger partial charge in [-0.1, -0.05) is 37.6 Å². The average molecular weight is 218 g/mol. The Balaban J connectivity index is 1.88. The van der Waals surface area contributed by atoms with Gasteiger partial charge >= 0.3 is 0 Å². The van der Waals surface area contributed by atoms with Crippen LogP contribution < -0.4 is 0 Å². The maximum absolute atomic E-state index is 9.70. The van der Waals surface area contributed by atoms with Crippen molar-refractivity contribution in [1.29, 1.82) is 0 Å². The molecule has 3 aliphatic rings. The molecule has 1 unspecified atom stereocenters. The van der Waals surface area contributed by atoms with Crippen molar-refractivity contribution in [2.24, 2.45) is 22.7 Å². The Morgan fingerprint density at radius 3 is 2.56 bits per heavy atom. The molecule has 0 amide bonds. The fourth-order valence-corrected chi connectivity index (χ4v) is 4.25. The molecule has 0 radical (unpaired) electrons. The summed E-state index contributed by atoms with van der Waals surface area (Å²) in [4.78, 5) is 0. The fraction of sp³-hybridized carbons (Fsp3) is 0.733. The first-order valence-corrected chi connectivity index (χ1v) is 6.49. The van der Waals surface area contributed by atoms with Gasteiger partial charge in [0, 0.05) is 0 Å². The third-order valence-electron chi connectivity index (χ3n) is 5.48. The first kappa shape index (κ1) is 10.6. The van der Waals surface area contributed by atoms with Crippen LogP contribution in [-0.4, -0.2) is 11.2 Å². The lowest BCUT2D eigenvalue weighted by atomic mass is 9.73. The van der Waals surface area contributed by atoms with Crippen molar-refractivity contribution in [2.45, 2.75) is 46.1 Å². The second-order valence-electron chi connectivity index (χ2n) is 6.74. The summed E-state index contributed by atoms with van der Waals surface area (Å²) >= 11 is 0. The third-order valence-corrected chi connectivity index (χ3v) is 5.48. The predicted octanol–water partition coefficient (Wildman–Crippen LogP) is 3.31. The van der Waals surface area contributed by atoms with E-state index in [2.05, 4.69) is 32.9 Å². The van der Waals surface area contributed by atoms with E-state index in [9.17, 15) is 5.11 Å². The number of allylic oxidation sites excluding steroid dienone is 3. The highest BCUT2D eigenvalue weighted by Gasteiger charge is 2.53. The Morgan fingerprint density at radius 2 is 2.00 bits per heavy atom. The maximum atomic E-state index is 9.70. The molecule has 1 nitrogen and oxygen atoms in total. The van der Waals surface area contributed by atoms with Gasteiger partial charge in [0.25, 0.3) is 0 Å². The van der Waals surface area contributed by atoms with Gasteiger partial charge in [0.15, 0.2) is 0 Å². The minimum absolute atomic E-state index is 0.188. The molecule has 88 valence electrons. The number of aliphatic hydroxyl groups excluding tert-OH is 1. The molecule has 4 atom stereocenters. The molecule has 1 saturated carbocycles. The zero-order chi connectivity index (χ0) is 11.6. The number of hydrogen-bond donors (Lipinski definition) is 1. The van der Waals surface area contributed by atoms with Crippen LogP contribution in [0.1, 0.15) is 40.0 Å². The largest absolute Gasteiger partial charge is 0.389 e. The van der Waals surface area contributed by atoms with Gasteiger partial charge in [-0.25, -0.2) is 0 Å². The van der Waals surface area contributed by atoms with Crippen molar-refractivity contribution < 1.29 is 5.11 Å². The van der Waals surface area contributed by atoms with Crippen LogP contribution in [0.2, 0.25) is 0 Å². The quantitative estimate of drug-likeness (QED) is 0.618. The minimum atomic E-state index is -0.188. The number of rotatable bonds is 0. The summed E-state index contributed by atoms with van der Waals surface area (Å²) < 4.78 is 0. The number of fused-ring (bicyclic) bond motifs is 1. The molecular formula is C15H22O. The van der Waals surface area contributed by atoms with Gasteiger partial charge in [0.1, 0.15) is 0 Å². The molecular weight excluding hydrogens is 196 g/mol. The second kappa shape index (κ2) is 3.01. The summed E-state index contributed by atoms with van der Waals surface area (Å²) in [6, 6.07) is 0. The summed E-state index contributed by atoms with van der Waals surface area (Å²) in [5.41, 5.74) is 2.26. The van der Waals surface area contributed by atoms with Crippen LogP contribution in [0.15, 0.2) is 23.8 Å². The second-order valence-corrected chi connectivity index (χ2v) is 6.74. The van der Waals surface area contributed by atoms with E-state index in [1.165, 1.54) is 12.8 Å². The molecule has 1 N–H and O–H groups in total. The molecule has 0 aromatic carbocycles. The smallest absolute Gasteiger partial charge is 0.0729 e. The lowest BCUT2D eigenvalue weighted by molar-refractivity contribution is 0.171. The zero-order valence-corrected chi connectivity index (χ0v) is 10.5. The summed E-state index contributed by atoms with van der Waals surface area (Å²) in [6.45, 7) is 7.06. The molecule has 3 aliphatic carbocycles. The molecule has 16 heavy (non-hydrogen) atoms. The third kappa shape index (κ3) is 1.27. The van der Waals surface area contributed by atoms with E-state index in [4.69, 9.17) is 0 Å². The monoisotopic (exact) mass is 218 g/mol. The summed E-state index contributed by atoms with van der Waals surface area (Å²) in [6.07, 6.45) is 10.1. The lowest BCUT2D eigenvalue weighted by Gasteiger charge is -2.31. The highest BCUT2D eigenvalue weighted by atomic mass is 16.3. The van der Waals surface area contributed by atoms with E-state index in [-0.39, 0.29) is 6.10 Å². The predicted molar refractivity (Wildman–Crippen MR) is 65.9 cm³/mol. The van der Waals surface area contributed by atoms with Gasteiger partial charge in [-0.15, -0.1) is 0 Å². The molecule has 0 saturated heterocycles. The molecule has 1 fully saturated rings. The zero-order valence-electron chi connectivity index (χ0n) is 10.5. The van der Waals surface area contributed by atoms with Crippen LogP contribution in [0.25, 0.3) is 0 Å². The van der Waals surface area contributed by atoms with Crippen molar-refractivity contribution in [3.8, 4) is 0 Å². The van der Waals surface area contributed by atoms with Crippen molar-refractivity contribution in [2.75, 3.05) is 0 Å². The molecule has 0 aromatic heterocycles. The summed E-state index contributed by atoms with van der Waals surface area (Å²) in [7, 11) is 0. The topological polar surface area (TPSA) is 20.2 Å². The average Bonchev–Trinajstić information content (AvgIpc) is 2.77. The number of aliphatic hydroxyl groups is 1. The van der Waals surface area contributed by atoms with E-state index < -0.39 is 0 Å². The molecule has 1 spiro atoms. The van der Waals surface area contributed by atoms with Crippen molar-refractivity contribution in [1.82, 2.24) is 0 Å². The lowest BCUT2D eigenvalue weighted by Crippen LogP contribution is -2.23. The van der Waals surface area contributed by atoms with Crippen molar-refractivity contribution >= 4 is 0 Å². The SMILES string of the molecule is CC1=C[C@H]2C[C@@]3(C=CC(O)C3)C[C@H]2C1(C)C. The van der Waals surface area contributed by atoms with Gasteiger partial charge in [-0.3, -0.25) is 0 Å². The molecule has 0 bridgehead atoms. The van der Waals surface area contributed by atoms with Crippen molar-refractivity contribution in [3.63, 3.8) is 0 Å². The van der Waals surface area contributed by atoms with Crippen molar-refractivity contribution in [3.05, 3.63) is 23.8 Å². The van der Waals surface area contributed by atoms with Crippen LogP contribution >= 0.6 is 0 Å². The first-order chi connectivity index (χ1) is 7.43. The Hall–Kier alpha value is -0.560. The van der Waals surface area contributed by atoms with E-state index >= 15 is 0 Å². The summed E-state index contributed by atoms with van der Waals surface area (Å²) in [5.74, 6) is 1.55. The molecule has 0 aromatic rings. The van der Waals surface area contributed by atoms with Crippen LogP contribution in [0.3, 0.4) is 0 Å². The summed E-state index contributed by atoms with van der Waals surface area (Å²) in [5, 5.41) is 9.70.